The third kappa shape index (κ3) is 3.42. The predicted octanol–water partition coefficient (Wildman–Crippen LogP) is 3.33. The number of thioether (sulfide) groups is 1. The summed E-state index contributed by atoms with van der Waals surface area (Å²) in [5.41, 5.74) is 2.08. The predicted molar refractivity (Wildman–Crippen MR) is 86.6 cm³/mol. The van der Waals surface area contributed by atoms with Crippen LogP contribution in [-0.2, 0) is 0 Å². The van der Waals surface area contributed by atoms with Gasteiger partial charge in [0.1, 0.15) is 0 Å². The number of aromatic nitrogens is 6. The second-order valence-electron chi connectivity index (χ2n) is 5.62. The first-order valence-electron chi connectivity index (χ1n) is 7.40. The summed E-state index contributed by atoms with van der Waals surface area (Å²) < 4.78 is 7.06. The highest BCUT2D eigenvalue weighted by molar-refractivity contribution is 7.99. The number of aryl methyl sites for hydroxylation is 1. The van der Waals surface area contributed by atoms with Crippen molar-refractivity contribution in [2.24, 2.45) is 0 Å². The maximum absolute atomic E-state index is 5.34. The van der Waals surface area contributed by atoms with Gasteiger partial charge < -0.3 is 4.52 Å². The molecule has 0 aliphatic carbocycles. The number of hydrogen-bond acceptors (Lipinski definition) is 7. The summed E-state index contributed by atoms with van der Waals surface area (Å²) in [6.45, 7) is 8.10. The molecule has 2 heterocycles. The van der Waals surface area contributed by atoms with Crippen molar-refractivity contribution in [1.82, 2.24) is 30.3 Å². The quantitative estimate of drug-likeness (QED) is 0.663. The Morgan fingerprint density at radius 1 is 1.22 bits per heavy atom. The second-order valence-corrected chi connectivity index (χ2v) is 6.93. The van der Waals surface area contributed by atoms with Gasteiger partial charge in [0.25, 0.3) is 0 Å². The lowest BCUT2D eigenvalue weighted by Gasteiger charge is -2.07. The van der Waals surface area contributed by atoms with Crippen LogP contribution in [0.25, 0.3) is 5.69 Å². The number of rotatable bonds is 5. The van der Waals surface area contributed by atoms with Crippen molar-refractivity contribution in [1.29, 1.82) is 0 Å². The SMILES string of the molecule is Cc1cccc(-n2nnnc2SC(C)c2nc(C(C)C)no2)c1. The summed E-state index contributed by atoms with van der Waals surface area (Å²) in [4.78, 5) is 4.43. The monoisotopic (exact) mass is 330 g/mol. The highest BCUT2D eigenvalue weighted by Crippen LogP contribution is 2.33. The van der Waals surface area contributed by atoms with Crippen LogP contribution in [0.5, 0.6) is 0 Å². The van der Waals surface area contributed by atoms with E-state index in [0.29, 0.717) is 16.9 Å². The smallest absolute Gasteiger partial charge is 0.239 e. The Kier molecular flexibility index (Phi) is 4.42. The molecule has 0 radical (unpaired) electrons. The third-order valence-electron chi connectivity index (χ3n) is 3.29. The van der Waals surface area contributed by atoms with Crippen molar-refractivity contribution >= 4 is 11.8 Å². The lowest BCUT2D eigenvalue weighted by molar-refractivity contribution is 0.373. The number of nitrogens with zero attached hydrogens (tertiary/aromatic N) is 6. The van der Waals surface area contributed by atoms with Crippen molar-refractivity contribution in [2.75, 3.05) is 0 Å². The van der Waals surface area contributed by atoms with Gasteiger partial charge in [0.15, 0.2) is 5.82 Å². The molecular weight excluding hydrogens is 312 g/mol. The van der Waals surface area contributed by atoms with E-state index in [0.717, 1.165) is 11.3 Å². The van der Waals surface area contributed by atoms with Crippen LogP contribution in [-0.4, -0.2) is 30.3 Å². The largest absolute Gasteiger partial charge is 0.338 e. The van der Waals surface area contributed by atoms with Crippen molar-refractivity contribution in [2.45, 2.75) is 44.0 Å². The molecule has 0 bridgehead atoms. The fourth-order valence-electron chi connectivity index (χ4n) is 2.03. The van der Waals surface area contributed by atoms with Crippen LogP contribution in [0.15, 0.2) is 33.9 Å². The number of tetrazole rings is 1. The van der Waals surface area contributed by atoms with Crippen molar-refractivity contribution < 1.29 is 4.52 Å². The molecule has 7 nitrogen and oxygen atoms in total. The zero-order chi connectivity index (χ0) is 16.4. The Bertz CT molecular complexity index is 797. The first kappa shape index (κ1) is 15.7. The number of benzene rings is 1. The Morgan fingerprint density at radius 3 is 2.74 bits per heavy atom. The van der Waals surface area contributed by atoms with E-state index in [4.69, 9.17) is 4.52 Å². The van der Waals surface area contributed by atoms with Crippen LogP contribution in [0.1, 0.15) is 49.2 Å². The molecule has 0 N–H and O–H groups in total. The average molecular weight is 330 g/mol. The fraction of sp³-hybridized carbons (Fsp3) is 0.400. The highest BCUT2D eigenvalue weighted by atomic mass is 32.2. The molecule has 23 heavy (non-hydrogen) atoms. The summed E-state index contributed by atoms with van der Waals surface area (Å²) in [5, 5.41) is 16.6. The molecule has 1 aromatic carbocycles. The van der Waals surface area contributed by atoms with E-state index >= 15 is 0 Å². The molecule has 0 aliphatic rings. The van der Waals surface area contributed by atoms with Crippen LogP contribution in [0, 0.1) is 6.92 Å². The highest BCUT2D eigenvalue weighted by Gasteiger charge is 2.20. The molecule has 0 fully saturated rings. The second kappa shape index (κ2) is 6.49. The van der Waals surface area contributed by atoms with Gasteiger partial charge in [0.2, 0.25) is 11.0 Å². The Labute approximate surface area is 138 Å². The molecule has 8 heteroatoms. The van der Waals surface area contributed by atoms with Crippen LogP contribution >= 0.6 is 11.8 Å². The summed E-state index contributed by atoms with van der Waals surface area (Å²) in [7, 11) is 0. The normalized spacial score (nSPS) is 12.7. The zero-order valence-corrected chi connectivity index (χ0v) is 14.3. The summed E-state index contributed by atoms with van der Waals surface area (Å²) >= 11 is 1.49. The van der Waals surface area contributed by atoms with Crippen LogP contribution < -0.4 is 0 Å². The minimum atomic E-state index is -0.0374. The van der Waals surface area contributed by atoms with Gasteiger partial charge in [0.05, 0.1) is 10.9 Å². The molecule has 0 spiro atoms. The minimum Gasteiger partial charge on any atom is -0.338 e. The van der Waals surface area contributed by atoms with Crippen molar-refractivity contribution in [3.05, 3.63) is 41.5 Å². The Hall–Kier alpha value is -2.22. The van der Waals surface area contributed by atoms with E-state index in [1.807, 2.05) is 52.0 Å². The summed E-state index contributed by atoms with van der Waals surface area (Å²) in [6, 6.07) is 8.03. The van der Waals surface area contributed by atoms with Gasteiger partial charge in [0, 0.05) is 5.92 Å². The Morgan fingerprint density at radius 2 is 2.04 bits per heavy atom. The maximum Gasteiger partial charge on any atom is 0.239 e. The molecule has 1 atom stereocenters. The molecule has 2 aromatic heterocycles. The standard InChI is InChI=1S/C15H18N6OS/c1-9(2)13-16-14(22-18-13)11(4)23-15-17-19-20-21(15)12-7-5-6-10(3)8-12/h5-9,11H,1-4H3. The first-order valence-corrected chi connectivity index (χ1v) is 8.28. The van der Waals surface area contributed by atoms with Crippen molar-refractivity contribution in [3.8, 4) is 5.69 Å². The van der Waals surface area contributed by atoms with Crippen LogP contribution in [0.4, 0.5) is 0 Å². The van der Waals surface area contributed by atoms with Gasteiger partial charge in [-0.3, -0.25) is 0 Å². The van der Waals surface area contributed by atoms with Gasteiger partial charge in [-0.1, -0.05) is 42.9 Å². The lowest BCUT2D eigenvalue weighted by Crippen LogP contribution is -2.01. The summed E-state index contributed by atoms with van der Waals surface area (Å²) in [6.07, 6.45) is 0. The van der Waals surface area contributed by atoms with E-state index in [1.165, 1.54) is 11.8 Å². The minimum absolute atomic E-state index is 0.0374. The van der Waals surface area contributed by atoms with Crippen LogP contribution in [0.2, 0.25) is 0 Å². The molecule has 0 amide bonds. The van der Waals surface area contributed by atoms with E-state index in [-0.39, 0.29) is 11.2 Å². The van der Waals surface area contributed by atoms with Gasteiger partial charge in [-0.05, 0) is 42.0 Å². The maximum atomic E-state index is 5.34. The molecule has 1 unspecified atom stereocenters. The lowest BCUT2D eigenvalue weighted by atomic mass is 10.2. The number of hydrogen-bond donors (Lipinski definition) is 0. The van der Waals surface area contributed by atoms with Gasteiger partial charge in [-0.15, -0.1) is 5.10 Å². The van der Waals surface area contributed by atoms with Gasteiger partial charge in [-0.25, -0.2) is 0 Å². The molecule has 120 valence electrons. The van der Waals surface area contributed by atoms with Crippen LogP contribution in [0.3, 0.4) is 0 Å². The van der Waals surface area contributed by atoms with E-state index < -0.39 is 0 Å². The molecule has 0 saturated heterocycles. The fourth-order valence-corrected chi connectivity index (χ4v) is 2.87. The van der Waals surface area contributed by atoms with Gasteiger partial charge in [-0.2, -0.15) is 9.67 Å². The third-order valence-corrected chi connectivity index (χ3v) is 4.31. The zero-order valence-electron chi connectivity index (χ0n) is 13.5. The van der Waals surface area contributed by atoms with E-state index in [1.54, 1.807) is 4.68 Å². The van der Waals surface area contributed by atoms with E-state index in [2.05, 4.69) is 25.7 Å². The molecule has 0 saturated carbocycles. The van der Waals surface area contributed by atoms with Crippen molar-refractivity contribution in [3.63, 3.8) is 0 Å². The summed E-state index contributed by atoms with van der Waals surface area (Å²) in [5.74, 6) is 1.53. The molecule has 3 rings (SSSR count). The average Bonchev–Trinajstić information content (AvgIpc) is 3.16. The molecular formula is C15H18N6OS. The van der Waals surface area contributed by atoms with Gasteiger partial charge >= 0.3 is 0 Å². The first-order chi connectivity index (χ1) is 11.0. The molecule has 3 aromatic rings. The van der Waals surface area contributed by atoms with E-state index in [9.17, 15) is 0 Å². The molecule has 0 aliphatic heterocycles. The Balaban J connectivity index is 1.82. The topological polar surface area (TPSA) is 82.5 Å².